The molecular weight excluding hydrogens is 262 g/mol. The van der Waals surface area contributed by atoms with E-state index in [0.29, 0.717) is 0 Å². The second-order valence-electron chi connectivity index (χ2n) is 5.31. The van der Waals surface area contributed by atoms with Crippen LogP contribution < -0.4 is 5.43 Å². The zero-order valence-corrected chi connectivity index (χ0v) is 13.2. The van der Waals surface area contributed by atoms with Crippen molar-refractivity contribution in [2.24, 2.45) is 5.10 Å². The number of nitrogens with one attached hydrogen (secondary N) is 1. The van der Waals surface area contributed by atoms with Crippen molar-refractivity contribution in [3.05, 3.63) is 52.3 Å². The number of benzene rings is 1. The summed E-state index contributed by atoms with van der Waals surface area (Å²) in [5, 5.41) is 3.95. The van der Waals surface area contributed by atoms with Gasteiger partial charge in [0.2, 0.25) is 5.91 Å². The van der Waals surface area contributed by atoms with Crippen LogP contribution >= 0.6 is 0 Å². The number of rotatable bonds is 3. The van der Waals surface area contributed by atoms with Crippen LogP contribution in [-0.4, -0.2) is 16.7 Å². The van der Waals surface area contributed by atoms with Crippen LogP contribution in [0.15, 0.2) is 29.4 Å². The standard InChI is InChI=1S/C17H21N3O/c1-11-7-6-8-17(13(11)3)20-12(2)9-16(14(20)4)10-18-19-15(5)21/h6-10H,1-5H3,(H,19,21)/b18-10-. The molecule has 2 aromatic rings. The number of hydrazone groups is 1. The third-order valence-corrected chi connectivity index (χ3v) is 3.71. The van der Waals surface area contributed by atoms with Crippen LogP contribution in [-0.2, 0) is 4.79 Å². The zero-order chi connectivity index (χ0) is 15.6. The minimum absolute atomic E-state index is 0.172. The molecule has 0 radical (unpaired) electrons. The van der Waals surface area contributed by atoms with Crippen LogP contribution in [0.25, 0.3) is 5.69 Å². The number of carbonyl (C=O) groups excluding carboxylic acids is 1. The molecule has 0 spiro atoms. The Kier molecular flexibility index (Phi) is 4.26. The van der Waals surface area contributed by atoms with E-state index < -0.39 is 0 Å². The molecule has 1 heterocycles. The Morgan fingerprint density at radius 1 is 1.24 bits per heavy atom. The van der Waals surface area contributed by atoms with Crippen LogP contribution in [0.1, 0.15) is 35.0 Å². The molecule has 0 aliphatic carbocycles. The number of hydrogen-bond donors (Lipinski definition) is 1. The topological polar surface area (TPSA) is 46.4 Å². The first-order valence-electron chi connectivity index (χ1n) is 6.97. The molecule has 0 bridgehead atoms. The van der Waals surface area contributed by atoms with Crippen LogP contribution in [0.2, 0.25) is 0 Å². The predicted octanol–water partition coefficient (Wildman–Crippen LogP) is 3.18. The molecule has 1 amide bonds. The average molecular weight is 283 g/mol. The van der Waals surface area contributed by atoms with Crippen molar-refractivity contribution in [3.63, 3.8) is 0 Å². The fraction of sp³-hybridized carbons (Fsp3) is 0.294. The molecule has 1 N–H and O–H groups in total. The van der Waals surface area contributed by atoms with Crippen LogP contribution in [0.5, 0.6) is 0 Å². The van der Waals surface area contributed by atoms with Gasteiger partial charge in [-0.05, 0) is 51.0 Å². The molecule has 2 rings (SSSR count). The lowest BCUT2D eigenvalue weighted by Crippen LogP contribution is -2.12. The lowest BCUT2D eigenvalue weighted by Gasteiger charge is -2.14. The van der Waals surface area contributed by atoms with Gasteiger partial charge in [-0.1, -0.05) is 12.1 Å². The number of nitrogens with zero attached hydrogens (tertiary/aromatic N) is 2. The molecule has 4 heteroatoms. The fourth-order valence-corrected chi connectivity index (χ4v) is 2.46. The SMILES string of the molecule is CC(=O)N/N=C\c1cc(C)n(-c2cccc(C)c2C)c1C. The highest BCUT2D eigenvalue weighted by atomic mass is 16.2. The monoisotopic (exact) mass is 283 g/mol. The Bertz CT molecular complexity index is 711. The molecule has 4 nitrogen and oxygen atoms in total. The molecule has 0 aliphatic heterocycles. The minimum atomic E-state index is -0.172. The highest BCUT2D eigenvalue weighted by Crippen LogP contribution is 2.24. The molecule has 0 saturated carbocycles. The summed E-state index contributed by atoms with van der Waals surface area (Å²) in [4.78, 5) is 10.9. The van der Waals surface area contributed by atoms with E-state index in [1.54, 1.807) is 6.21 Å². The second-order valence-corrected chi connectivity index (χ2v) is 5.31. The summed E-state index contributed by atoms with van der Waals surface area (Å²) in [7, 11) is 0. The van der Waals surface area contributed by atoms with E-state index in [2.05, 4.69) is 67.1 Å². The largest absolute Gasteiger partial charge is 0.318 e. The van der Waals surface area contributed by atoms with Crippen molar-refractivity contribution >= 4 is 12.1 Å². The highest BCUT2D eigenvalue weighted by molar-refractivity contribution is 5.83. The van der Waals surface area contributed by atoms with E-state index in [9.17, 15) is 4.79 Å². The Morgan fingerprint density at radius 2 is 1.95 bits per heavy atom. The predicted molar refractivity (Wildman–Crippen MR) is 86.1 cm³/mol. The first-order valence-corrected chi connectivity index (χ1v) is 6.97. The van der Waals surface area contributed by atoms with Gasteiger partial charge in [0.25, 0.3) is 0 Å². The van der Waals surface area contributed by atoms with E-state index >= 15 is 0 Å². The number of carbonyl (C=O) groups is 1. The molecule has 0 atom stereocenters. The average Bonchev–Trinajstić information content (AvgIpc) is 2.68. The van der Waals surface area contributed by atoms with E-state index in [0.717, 1.165) is 17.0 Å². The Labute approximate surface area is 125 Å². The van der Waals surface area contributed by atoms with Crippen molar-refractivity contribution in [2.75, 3.05) is 0 Å². The molecule has 110 valence electrons. The van der Waals surface area contributed by atoms with Crippen molar-refractivity contribution in [1.82, 2.24) is 9.99 Å². The van der Waals surface area contributed by atoms with Gasteiger partial charge in [0.15, 0.2) is 0 Å². The third-order valence-electron chi connectivity index (χ3n) is 3.71. The maximum atomic E-state index is 10.9. The van der Waals surface area contributed by atoms with Gasteiger partial charge in [0.1, 0.15) is 0 Å². The van der Waals surface area contributed by atoms with Gasteiger partial charge in [-0.25, -0.2) is 5.43 Å². The number of hydrogen-bond acceptors (Lipinski definition) is 2. The minimum Gasteiger partial charge on any atom is -0.318 e. The van der Waals surface area contributed by atoms with Crippen LogP contribution in [0.4, 0.5) is 0 Å². The van der Waals surface area contributed by atoms with Crippen molar-refractivity contribution in [1.29, 1.82) is 0 Å². The van der Waals surface area contributed by atoms with Gasteiger partial charge in [-0.15, -0.1) is 0 Å². The molecule has 0 fully saturated rings. The zero-order valence-electron chi connectivity index (χ0n) is 13.2. The first-order chi connectivity index (χ1) is 9.91. The van der Waals surface area contributed by atoms with E-state index in [1.807, 2.05) is 0 Å². The molecular formula is C17H21N3O. The number of aromatic nitrogens is 1. The normalized spacial score (nSPS) is 11.1. The van der Waals surface area contributed by atoms with Gasteiger partial charge < -0.3 is 4.57 Å². The maximum Gasteiger partial charge on any atom is 0.236 e. The summed E-state index contributed by atoms with van der Waals surface area (Å²) >= 11 is 0. The smallest absolute Gasteiger partial charge is 0.236 e. The molecule has 0 unspecified atom stereocenters. The molecule has 1 aromatic carbocycles. The van der Waals surface area contributed by atoms with E-state index in [1.165, 1.54) is 23.7 Å². The van der Waals surface area contributed by atoms with Crippen molar-refractivity contribution in [3.8, 4) is 5.69 Å². The first kappa shape index (κ1) is 15.0. The Hall–Kier alpha value is -2.36. The lowest BCUT2D eigenvalue weighted by atomic mass is 10.1. The number of amides is 1. The number of aryl methyl sites for hydroxylation is 2. The van der Waals surface area contributed by atoms with Gasteiger partial charge in [0.05, 0.1) is 6.21 Å². The summed E-state index contributed by atoms with van der Waals surface area (Å²) in [5.74, 6) is -0.172. The molecule has 21 heavy (non-hydrogen) atoms. The van der Waals surface area contributed by atoms with Gasteiger partial charge in [-0.2, -0.15) is 5.10 Å². The summed E-state index contributed by atoms with van der Waals surface area (Å²) in [6, 6.07) is 8.38. The lowest BCUT2D eigenvalue weighted by molar-refractivity contribution is -0.118. The van der Waals surface area contributed by atoms with E-state index in [-0.39, 0.29) is 5.91 Å². The van der Waals surface area contributed by atoms with Gasteiger partial charge in [-0.3, -0.25) is 4.79 Å². The molecule has 1 aromatic heterocycles. The summed E-state index contributed by atoms with van der Waals surface area (Å²) < 4.78 is 2.22. The quantitative estimate of drug-likeness (QED) is 0.682. The van der Waals surface area contributed by atoms with Gasteiger partial charge >= 0.3 is 0 Å². The van der Waals surface area contributed by atoms with Crippen LogP contribution in [0, 0.1) is 27.7 Å². The van der Waals surface area contributed by atoms with Crippen LogP contribution in [0.3, 0.4) is 0 Å². The molecule has 0 saturated heterocycles. The Balaban J connectivity index is 2.47. The maximum absolute atomic E-state index is 10.9. The van der Waals surface area contributed by atoms with Crippen molar-refractivity contribution < 1.29 is 4.79 Å². The van der Waals surface area contributed by atoms with Gasteiger partial charge in [0, 0.05) is 29.6 Å². The second kappa shape index (κ2) is 5.95. The third kappa shape index (κ3) is 3.05. The van der Waals surface area contributed by atoms with Crippen molar-refractivity contribution in [2.45, 2.75) is 34.6 Å². The fourth-order valence-electron chi connectivity index (χ4n) is 2.46. The highest BCUT2D eigenvalue weighted by Gasteiger charge is 2.11. The summed E-state index contributed by atoms with van der Waals surface area (Å²) in [6.07, 6.45) is 1.69. The summed E-state index contributed by atoms with van der Waals surface area (Å²) in [6.45, 7) is 9.83. The molecule has 0 aliphatic rings. The van der Waals surface area contributed by atoms with E-state index in [4.69, 9.17) is 0 Å². The Morgan fingerprint density at radius 3 is 2.62 bits per heavy atom. The summed E-state index contributed by atoms with van der Waals surface area (Å²) in [5.41, 5.74) is 9.41.